The Bertz CT molecular complexity index is 1470. The molecule has 1 aliphatic carbocycles. The Morgan fingerprint density at radius 3 is 2.56 bits per heavy atom. The smallest absolute Gasteiger partial charge is 0.310 e. The van der Waals surface area contributed by atoms with Gasteiger partial charge in [-0.25, -0.2) is 19.6 Å². The van der Waals surface area contributed by atoms with E-state index in [1.165, 1.54) is 10.7 Å². The van der Waals surface area contributed by atoms with Crippen LogP contribution in [0.25, 0.3) is 11.0 Å². The van der Waals surface area contributed by atoms with Crippen LogP contribution in [0.15, 0.2) is 47.5 Å². The third-order valence-corrected chi connectivity index (χ3v) is 6.29. The molecule has 3 atom stereocenters. The van der Waals surface area contributed by atoms with Crippen LogP contribution in [0.3, 0.4) is 0 Å². The lowest BCUT2D eigenvalue weighted by Gasteiger charge is -2.34. The first kappa shape index (κ1) is 21.8. The molecule has 4 aromatic rings. The van der Waals surface area contributed by atoms with Crippen molar-refractivity contribution < 1.29 is 13.2 Å². The first-order valence-corrected chi connectivity index (χ1v) is 10.6. The van der Waals surface area contributed by atoms with Crippen molar-refractivity contribution in [3.63, 3.8) is 0 Å². The van der Waals surface area contributed by atoms with Crippen LogP contribution in [0.5, 0.6) is 0 Å². The van der Waals surface area contributed by atoms with Gasteiger partial charge < -0.3 is 4.98 Å². The van der Waals surface area contributed by atoms with Crippen LogP contribution < -0.4 is 5.56 Å². The second kappa shape index (κ2) is 8.06. The summed E-state index contributed by atoms with van der Waals surface area (Å²) in [6.07, 6.45) is 0.408. The number of hydrogen-bond donors (Lipinski definition) is 1. The van der Waals surface area contributed by atoms with Crippen molar-refractivity contribution in [2.75, 3.05) is 0 Å². The maximum atomic E-state index is 13.2. The molecule has 3 heterocycles. The number of fused-ring (bicyclic) bond motifs is 1. The average molecular weight is 465 g/mol. The fourth-order valence-corrected chi connectivity index (χ4v) is 4.34. The van der Waals surface area contributed by atoms with Gasteiger partial charge in [0.2, 0.25) is 0 Å². The average Bonchev–Trinajstić information content (AvgIpc) is 3.17. The fourth-order valence-electron chi connectivity index (χ4n) is 4.34. The number of alkyl halides is 3. The van der Waals surface area contributed by atoms with Crippen molar-refractivity contribution in [2.24, 2.45) is 0 Å². The van der Waals surface area contributed by atoms with Crippen LogP contribution in [0.1, 0.15) is 66.1 Å². The third kappa shape index (κ3) is 3.61. The highest BCUT2D eigenvalue weighted by Crippen LogP contribution is 2.46. The van der Waals surface area contributed by atoms with Crippen LogP contribution >= 0.6 is 0 Å². The number of rotatable bonds is 4. The van der Waals surface area contributed by atoms with Crippen molar-refractivity contribution in [3.8, 4) is 6.07 Å². The van der Waals surface area contributed by atoms with Gasteiger partial charge in [0.1, 0.15) is 23.1 Å². The zero-order valence-corrected chi connectivity index (χ0v) is 17.9. The summed E-state index contributed by atoms with van der Waals surface area (Å²) in [6.45, 7) is 1.65. The Morgan fingerprint density at radius 1 is 1.18 bits per heavy atom. The molecule has 0 unspecified atom stereocenters. The van der Waals surface area contributed by atoms with Crippen molar-refractivity contribution in [1.29, 1.82) is 5.26 Å². The Hall–Kier alpha value is -4.07. The minimum atomic E-state index is -4.50. The van der Waals surface area contributed by atoms with Crippen LogP contribution in [-0.4, -0.2) is 29.7 Å². The van der Waals surface area contributed by atoms with Gasteiger partial charge in [0, 0.05) is 24.2 Å². The van der Waals surface area contributed by atoms with Gasteiger partial charge in [-0.05, 0) is 43.5 Å². The second-order valence-corrected chi connectivity index (χ2v) is 8.25. The molecule has 11 heteroatoms. The minimum absolute atomic E-state index is 0.0110. The maximum absolute atomic E-state index is 13.2. The SMILES string of the molecule is C[C@H](c1cccc(C(F)(F)F)c1)n1nc(C#N)c2c(=O)[nH]c([C@@H]3CC[C@H]3c3ncccn3)nc21. The molecule has 1 saturated carbocycles. The molecule has 0 radical (unpaired) electrons. The molecular formula is C23H18F3N7O. The highest BCUT2D eigenvalue weighted by Gasteiger charge is 2.38. The van der Waals surface area contributed by atoms with Gasteiger partial charge in [0.25, 0.3) is 5.56 Å². The molecule has 1 N–H and O–H groups in total. The van der Waals surface area contributed by atoms with E-state index in [4.69, 9.17) is 0 Å². The predicted octanol–water partition coefficient (Wildman–Crippen LogP) is 4.07. The van der Waals surface area contributed by atoms with Gasteiger partial charge in [0.05, 0.1) is 11.6 Å². The Kier molecular flexibility index (Phi) is 5.16. The number of aromatic nitrogens is 6. The van der Waals surface area contributed by atoms with Crippen molar-refractivity contribution in [1.82, 2.24) is 29.7 Å². The molecule has 0 saturated heterocycles. The van der Waals surface area contributed by atoms with Gasteiger partial charge >= 0.3 is 6.18 Å². The van der Waals surface area contributed by atoms with Gasteiger partial charge in [-0.1, -0.05) is 12.1 Å². The van der Waals surface area contributed by atoms with E-state index >= 15 is 0 Å². The van der Waals surface area contributed by atoms with E-state index in [2.05, 4.69) is 25.0 Å². The van der Waals surface area contributed by atoms with Crippen LogP contribution in [0.2, 0.25) is 0 Å². The van der Waals surface area contributed by atoms with Crippen molar-refractivity contribution in [2.45, 2.75) is 43.8 Å². The number of H-pyrrole nitrogens is 1. The third-order valence-electron chi connectivity index (χ3n) is 6.29. The summed E-state index contributed by atoms with van der Waals surface area (Å²) in [7, 11) is 0. The largest absolute Gasteiger partial charge is 0.416 e. The van der Waals surface area contributed by atoms with E-state index in [0.29, 0.717) is 17.2 Å². The van der Waals surface area contributed by atoms with E-state index in [1.54, 1.807) is 31.5 Å². The molecule has 5 rings (SSSR count). The number of nitrogens with zero attached hydrogens (tertiary/aromatic N) is 6. The molecule has 8 nitrogen and oxygen atoms in total. The van der Waals surface area contributed by atoms with E-state index < -0.39 is 23.3 Å². The summed E-state index contributed by atoms with van der Waals surface area (Å²) in [4.78, 5) is 29.0. The van der Waals surface area contributed by atoms with Gasteiger partial charge in [-0.3, -0.25) is 4.79 Å². The zero-order chi connectivity index (χ0) is 24.0. The number of benzene rings is 1. The predicted molar refractivity (Wildman–Crippen MR) is 115 cm³/mol. The highest BCUT2D eigenvalue weighted by molar-refractivity contribution is 5.80. The monoisotopic (exact) mass is 465 g/mol. The molecule has 34 heavy (non-hydrogen) atoms. The highest BCUT2D eigenvalue weighted by atomic mass is 19.4. The fraction of sp³-hybridized carbons (Fsp3) is 0.304. The summed E-state index contributed by atoms with van der Waals surface area (Å²) >= 11 is 0. The summed E-state index contributed by atoms with van der Waals surface area (Å²) in [5.74, 6) is 0.930. The molecule has 0 amide bonds. The number of halogens is 3. The molecule has 3 aromatic heterocycles. The van der Waals surface area contributed by atoms with Gasteiger partial charge in [0.15, 0.2) is 11.3 Å². The summed E-state index contributed by atoms with van der Waals surface area (Å²) in [5, 5.41) is 13.8. The molecule has 0 aliphatic heterocycles. The molecular weight excluding hydrogens is 447 g/mol. The number of aromatic amines is 1. The van der Waals surface area contributed by atoms with Gasteiger partial charge in [-0.15, -0.1) is 0 Å². The van der Waals surface area contributed by atoms with Crippen LogP contribution in [0, 0.1) is 11.3 Å². The van der Waals surface area contributed by atoms with Crippen LogP contribution in [0.4, 0.5) is 13.2 Å². The summed E-state index contributed by atoms with van der Waals surface area (Å²) < 4.78 is 41.0. The molecule has 1 fully saturated rings. The standard InChI is InChI=1S/C23H18F3N7O/c1-12(13-4-2-5-14(10-13)23(24,25)26)33-21-18(17(11-27)32-33)22(34)31-20(30-21)16-7-6-15(16)19-28-8-3-9-29-19/h2-5,8-10,12,15-16H,6-7H2,1H3,(H,30,31,34)/t12-,15-,16-/m1/s1. The van der Waals surface area contributed by atoms with E-state index in [0.717, 1.165) is 25.0 Å². The Balaban J connectivity index is 1.61. The number of nitrogens with one attached hydrogen (secondary N) is 1. The van der Waals surface area contributed by atoms with E-state index in [1.807, 2.05) is 6.07 Å². The van der Waals surface area contributed by atoms with Crippen molar-refractivity contribution >= 4 is 11.0 Å². The molecule has 1 aromatic carbocycles. The quantitative estimate of drug-likeness (QED) is 0.486. The molecule has 0 bridgehead atoms. The van der Waals surface area contributed by atoms with Crippen LogP contribution in [-0.2, 0) is 6.18 Å². The lowest BCUT2D eigenvalue weighted by Crippen LogP contribution is -2.28. The van der Waals surface area contributed by atoms with E-state index in [-0.39, 0.29) is 28.6 Å². The Labute approximate surface area is 191 Å². The molecule has 0 spiro atoms. The summed E-state index contributed by atoms with van der Waals surface area (Å²) in [6, 6.07) is 7.79. The van der Waals surface area contributed by atoms with Gasteiger partial charge in [-0.2, -0.15) is 23.5 Å². The Morgan fingerprint density at radius 2 is 1.91 bits per heavy atom. The van der Waals surface area contributed by atoms with Crippen molar-refractivity contribution in [3.05, 3.63) is 81.5 Å². The first-order valence-electron chi connectivity index (χ1n) is 10.6. The molecule has 1 aliphatic rings. The summed E-state index contributed by atoms with van der Waals surface area (Å²) in [5.41, 5.74) is -0.962. The topological polar surface area (TPSA) is 113 Å². The lowest BCUT2D eigenvalue weighted by atomic mass is 9.72. The minimum Gasteiger partial charge on any atom is -0.310 e. The lowest BCUT2D eigenvalue weighted by molar-refractivity contribution is -0.137. The molecule has 172 valence electrons. The second-order valence-electron chi connectivity index (χ2n) is 8.25. The number of hydrogen-bond acceptors (Lipinski definition) is 6. The normalized spacial score (nSPS) is 18.9. The first-order chi connectivity index (χ1) is 16.3. The number of nitriles is 1. The van der Waals surface area contributed by atoms with E-state index in [9.17, 15) is 23.2 Å². The maximum Gasteiger partial charge on any atom is 0.416 e. The zero-order valence-electron chi connectivity index (χ0n) is 17.9.